The molecule has 0 bridgehead atoms. The van der Waals surface area contributed by atoms with Crippen LogP contribution in [-0.4, -0.2) is 87.8 Å². The maximum atomic E-state index is 15.0. The van der Waals surface area contributed by atoms with Crippen LogP contribution in [-0.2, 0) is 18.7 Å². The molecule has 70 heavy (non-hydrogen) atoms. The highest BCUT2D eigenvalue weighted by Gasteiger charge is 2.95. The van der Waals surface area contributed by atoms with Crippen molar-refractivity contribution in [3.63, 3.8) is 0 Å². The number of allylic oxidation sites excluding steroid dienone is 3. The highest BCUT2D eigenvalue weighted by atomic mass is 28.4. The molecule has 0 aromatic heterocycles. The van der Waals surface area contributed by atoms with Crippen molar-refractivity contribution in [1.82, 2.24) is 0 Å². The molecule has 2 aromatic rings. The Morgan fingerprint density at radius 2 is 1.24 bits per heavy atom. The number of hydrogen-bond acceptors (Lipinski definition) is 6. The van der Waals surface area contributed by atoms with Crippen molar-refractivity contribution in [2.24, 2.45) is 0 Å². The Morgan fingerprint density at radius 1 is 0.714 bits per heavy atom. The maximum Gasteiger partial charge on any atom is 0.460 e. The second kappa shape index (κ2) is 23.2. The molecule has 0 aliphatic heterocycles. The molecule has 0 aliphatic carbocycles. The van der Waals surface area contributed by atoms with Crippen molar-refractivity contribution >= 4 is 26.1 Å². The number of amides is 1. The SMILES string of the molecule is CCOC(=O)/C=C(C)/C=C/CCC[C@H](OC(=O)Nc1ccc(F)cc1F)c1ccc(OCCO[Si](CCC(F)(F)C(F)(F)C(F)(F)C(F)(F)C(F)(F)C(F)(F)C(F)(F)C(F)(F)F)(C(C)C)C(C)C)cc1. The third kappa shape index (κ3) is 13.4. The van der Waals surface area contributed by atoms with E-state index in [0.717, 1.165) is 12.1 Å². The largest absolute Gasteiger partial charge is 0.491 e. The summed E-state index contributed by atoms with van der Waals surface area (Å²) in [7, 11) is -4.05. The van der Waals surface area contributed by atoms with Gasteiger partial charge in [-0.1, -0.05) is 52.0 Å². The minimum absolute atomic E-state index is 0.0711. The summed E-state index contributed by atoms with van der Waals surface area (Å²) in [5.41, 5.74) is -1.31. The molecule has 0 unspecified atom stereocenters. The number of benzene rings is 2. The molecular weight excluding hydrogens is 1020 g/mol. The van der Waals surface area contributed by atoms with Gasteiger partial charge in [0.2, 0.25) is 0 Å². The van der Waals surface area contributed by atoms with E-state index in [1.807, 2.05) is 0 Å². The second-order valence-electron chi connectivity index (χ2n) is 16.3. The Morgan fingerprint density at radius 3 is 1.74 bits per heavy atom. The minimum Gasteiger partial charge on any atom is -0.491 e. The van der Waals surface area contributed by atoms with E-state index in [2.05, 4.69) is 5.32 Å². The molecule has 0 spiro atoms. The number of nitrogens with one attached hydrogen (secondary N) is 1. The molecule has 0 heterocycles. The van der Waals surface area contributed by atoms with Crippen LogP contribution in [0.15, 0.2) is 66.3 Å². The van der Waals surface area contributed by atoms with E-state index in [9.17, 15) is 84.2 Å². The molecule has 0 saturated carbocycles. The van der Waals surface area contributed by atoms with E-state index in [1.54, 1.807) is 26.0 Å². The van der Waals surface area contributed by atoms with E-state index < -0.39 is 128 Å². The summed E-state index contributed by atoms with van der Waals surface area (Å²) < 4.78 is 286. The van der Waals surface area contributed by atoms with Gasteiger partial charge in [0.15, 0.2) is 8.32 Å². The van der Waals surface area contributed by atoms with E-state index in [4.69, 9.17) is 18.6 Å². The summed E-state index contributed by atoms with van der Waals surface area (Å²) in [5.74, 6) is -59.5. The zero-order valence-corrected chi connectivity index (χ0v) is 38.8. The van der Waals surface area contributed by atoms with Crippen molar-refractivity contribution in [3.8, 4) is 5.75 Å². The van der Waals surface area contributed by atoms with Crippen LogP contribution in [0.3, 0.4) is 0 Å². The van der Waals surface area contributed by atoms with Crippen molar-refractivity contribution in [2.45, 2.75) is 138 Å². The molecule has 2 aromatic carbocycles. The van der Waals surface area contributed by atoms with Crippen LogP contribution in [0.4, 0.5) is 93.9 Å². The van der Waals surface area contributed by atoms with Gasteiger partial charge in [-0.15, -0.1) is 0 Å². The fraction of sp³-hybridized carbons (Fsp3) is 0.581. The third-order valence-corrected chi connectivity index (χ3v) is 16.5. The lowest BCUT2D eigenvalue weighted by atomic mass is 9.88. The zero-order valence-electron chi connectivity index (χ0n) is 37.8. The molecule has 1 atom stereocenters. The molecular formula is C43H48F19NO6Si. The van der Waals surface area contributed by atoms with Gasteiger partial charge in [0.1, 0.15) is 30.1 Å². The van der Waals surface area contributed by atoms with Gasteiger partial charge in [-0.25, -0.2) is 18.4 Å². The summed E-state index contributed by atoms with van der Waals surface area (Å²) in [6, 6.07) is 6.55. The predicted molar refractivity (Wildman–Crippen MR) is 217 cm³/mol. The Bertz CT molecular complexity index is 2100. The lowest BCUT2D eigenvalue weighted by Gasteiger charge is -2.44. The van der Waals surface area contributed by atoms with Gasteiger partial charge in [-0.2, -0.15) is 74.6 Å². The summed E-state index contributed by atoms with van der Waals surface area (Å²) in [6.45, 7) is 7.61. The number of rotatable bonds is 26. The van der Waals surface area contributed by atoms with Crippen molar-refractivity contribution in [3.05, 3.63) is 83.5 Å². The number of carbonyl (C=O) groups excluding carboxylic acids is 2. The van der Waals surface area contributed by atoms with Gasteiger partial charge in [0, 0.05) is 18.6 Å². The topological polar surface area (TPSA) is 83.1 Å². The lowest BCUT2D eigenvalue weighted by molar-refractivity contribution is -0.461. The van der Waals surface area contributed by atoms with Crippen LogP contribution in [0.2, 0.25) is 17.1 Å². The third-order valence-electron chi connectivity index (χ3n) is 10.8. The van der Waals surface area contributed by atoms with E-state index >= 15 is 8.78 Å². The normalized spacial score (nSPS) is 14.6. The van der Waals surface area contributed by atoms with Crippen molar-refractivity contribution in [2.75, 3.05) is 25.1 Å². The van der Waals surface area contributed by atoms with E-state index in [-0.39, 0.29) is 18.8 Å². The second-order valence-corrected chi connectivity index (χ2v) is 21.3. The number of hydrogen-bond donors (Lipinski definition) is 1. The summed E-state index contributed by atoms with van der Waals surface area (Å²) in [4.78, 5) is 24.5. The van der Waals surface area contributed by atoms with Gasteiger partial charge in [0.05, 0.1) is 18.9 Å². The number of halogens is 19. The average molecular weight is 1060 g/mol. The molecule has 7 nitrogen and oxygen atoms in total. The van der Waals surface area contributed by atoms with Crippen LogP contribution in [0.1, 0.15) is 78.9 Å². The first-order valence-corrected chi connectivity index (χ1v) is 23.1. The molecule has 2 rings (SSSR count). The van der Waals surface area contributed by atoms with Gasteiger partial charge in [-0.05, 0) is 85.6 Å². The fourth-order valence-electron chi connectivity index (χ4n) is 6.79. The Labute approximate surface area is 389 Å². The Balaban J connectivity index is 2.28. The molecule has 0 radical (unpaired) electrons. The van der Waals surface area contributed by atoms with Gasteiger partial charge < -0.3 is 18.6 Å². The highest BCUT2D eigenvalue weighted by Crippen LogP contribution is 2.64. The number of esters is 1. The molecule has 0 saturated heterocycles. The first-order chi connectivity index (χ1) is 31.8. The number of carbonyl (C=O) groups is 2. The first-order valence-electron chi connectivity index (χ1n) is 20.8. The van der Waals surface area contributed by atoms with Crippen LogP contribution in [0.5, 0.6) is 5.75 Å². The van der Waals surface area contributed by atoms with Crippen LogP contribution in [0, 0.1) is 11.6 Å². The first kappa shape index (κ1) is 61.4. The number of unbranched alkanes of at least 4 members (excludes halogenated alkanes) is 1. The molecule has 0 fully saturated rings. The standard InChI is InChI=1S/C43H48F19NO6Si/c1-7-66-34(64)23-27(6)11-9-8-10-12-33(69-35(65)63-32-18-15-29(44)24-31(32)45)28-13-16-30(17-14-28)67-20-21-68-70(25(2)3,26(4)5)22-19-36(46,47)37(48,49)38(50,51)39(52,53)40(54,55)41(56,57)42(58,59)43(60,61)62/h9,11,13-18,23-26,33H,7-8,10,12,19-22H2,1-6H3,(H,63,65)/b11-9+,27-23+/t33-/m0/s1. The summed E-state index contributed by atoms with van der Waals surface area (Å²) in [6.07, 6.45) is -7.01. The van der Waals surface area contributed by atoms with Crippen molar-refractivity contribution < 1.29 is 112 Å². The monoisotopic (exact) mass is 1060 g/mol. The van der Waals surface area contributed by atoms with Crippen LogP contribution < -0.4 is 10.1 Å². The van der Waals surface area contributed by atoms with E-state index in [0.29, 0.717) is 30.0 Å². The van der Waals surface area contributed by atoms with Crippen LogP contribution >= 0.6 is 0 Å². The zero-order chi connectivity index (χ0) is 54.1. The quantitative estimate of drug-likeness (QED) is 0.0252. The van der Waals surface area contributed by atoms with Gasteiger partial charge >= 0.3 is 59.7 Å². The smallest absolute Gasteiger partial charge is 0.460 e. The van der Waals surface area contributed by atoms with Gasteiger partial charge in [-0.3, -0.25) is 5.32 Å². The lowest BCUT2D eigenvalue weighted by Crippen LogP contribution is -2.74. The molecule has 1 N–H and O–H groups in total. The molecule has 27 heteroatoms. The summed E-state index contributed by atoms with van der Waals surface area (Å²) >= 11 is 0. The minimum atomic E-state index is -8.72. The van der Waals surface area contributed by atoms with Crippen molar-refractivity contribution in [1.29, 1.82) is 0 Å². The fourth-order valence-corrected chi connectivity index (χ4v) is 11.3. The Kier molecular flexibility index (Phi) is 20.4. The summed E-state index contributed by atoms with van der Waals surface area (Å²) in [5, 5.41) is 2.16. The number of ether oxygens (including phenoxy) is 3. The van der Waals surface area contributed by atoms with Gasteiger partial charge in [0.25, 0.3) is 0 Å². The Hall–Kier alpha value is -4.69. The molecule has 0 aliphatic rings. The van der Waals surface area contributed by atoms with E-state index in [1.165, 1.54) is 58.0 Å². The maximum absolute atomic E-state index is 15.0. The van der Waals surface area contributed by atoms with Crippen LogP contribution in [0.25, 0.3) is 0 Å². The number of alkyl halides is 17. The molecule has 1 amide bonds. The average Bonchev–Trinajstić information content (AvgIpc) is 3.23. The molecule has 398 valence electrons. The predicted octanol–water partition coefficient (Wildman–Crippen LogP) is 15.1. The number of anilines is 1. The highest BCUT2D eigenvalue weighted by molar-refractivity contribution is 6.76.